The first-order valence-corrected chi connectivity index (χ1v) is 10.4. The van der Waals surface area contributed by atoms with Crippen LogP contribution in [-0.2, 0) is 9.59 Å². The second-order valence-corrected chi connectivity index (χ2v) is 9.54. The summed E-state index contributed by atoms with van der Waals surface area (Å²) >= 11 is 0. The van der Waals surface area contributed by atoms with E-state index < -0.39 is 0 Å². The first kappa shape index (κ1) is 19.6. The number of hydrogen-bond donors (Lipinski definition) is 0. The fourth-order valence-corrected chi connectivity index (χ4v) is 4.88. The molecule has 0 saturated heterocycles. The maximum absolute atomic E-state index is 13.4. The lowest BCUT2D eigenvalue weighted by Crippen LogP contribution is -2.43. The van der Waals surface area contributed by atoms with Crippen molar-refractivity contribution in [3.05, 3.63) is 76.0 Å². The van der Waals surface area contributed by atoms with E-state index in [4.69, 9.17) is 0 Å². The van der Waals surface area contributed by atoms with Crippen LogP contribution < -0.4 is 4.90 Å². The zero-order chi connectivity index (χ0) is 20.9. The number of benzene rings is 2. The van der Waals surface area contributed by atoms with E-state index in [2.05, 4.69) is 51.1 Å². The van der Waals surface area contributed by atoms with Gasteiger partial charge in [0.2, 0.25) is 5.91 Å². The Kier molecular flexibility index (Phi) is 4.72. The van der Waals surface area contributed by atoms with Crippen LogP contribution >= 0.6 is 0 Å². The number of anilines is 1. The number of ketones is 1. The number of carbonyl (C=O) groups excluding carboxylic acids is 2. The number of amides is 1. The highest BCUT2D eigenvalue weighted by atomic mass is 16.2. The van der Waals surface area contributed by atoms with E-state index in [1.54, 1.807) is 0 Å². The molecule has 2 aromatic carbocycles. The third kappa shape index (κ3) is 3.66. The number of Topliss-reactive ketones (excluding diaryl/α,β-unsaturated/α-hetero) is 1. The van der Waals surface area contributed by atoms with Crippen LogP contribution in [0.15, 0.2) is 53.7 Å². The zero-order valence-electron chi connectivity index (χ0n) is 18.0. The summed E-state index contributed by atoms with van der Waals surface area (Å²) in [6.45, 7) is 10.4. The number of allylic oxidation sites excluding steroid dienone is 2. The number of nitrogens with zero attached hydrogens (tertiary/aromatic N) is 1. The second-order valence-electron chi connectivity index (χ2n) is 9.54. The van der Waals surface area contributed by atoms with Gasteiger partial charge in [0.25, 0.3) is 0 Å². The van der Waals surface area contributed by atoms with Crippen LogP contribution in [0.25, 0.3) is 0 Å². The van der Waals surface area contributed by atoms with E-state index in [0.717, 1.165) is 40.1 Å². The molecule has 2 aromatic rings. The highest BCUT2D eigenvalue weighted by molar-refractivity contribution is 6.07. The van der Waals surface area contributed by atoms with Crippen molar-refractivity contribution in [3.63, 3.8) is 0 Å². The highest BCUT2D eigenvalue weighted by Crippen LogP contribution is 2.48. The molecular formula is C26H29NO2. The van der Waals surface area contributed by atoms with Crippen LogP contribution in [0.5, 0.6) is 0 Å². The number of hydrogen-bond acceptors (Lipinski definition) is 2. The van der Waals surface area contributed by atoms with Gasteiger partial charge in [0.15, 0.2) is 5.78 Å². The lowest BCUT2D eigenvalue weighted by Gasteiger charge is -2.43. The van der Waals surface area contributed by atoms with Crippen molar-refractivity contribution in [3.8, 4) is 0 Å². The van der Waals surface area contributed by atoms with E-state index >= 15 is 0 Å². The number of rotatable bonds is 2. The Morgan fingerprint density at radius 1 is 0.862 bits per heavy atom. The minimum Gasteiger partial charge on any atom is -0.294 e. The van der Waals surface area contributed by atoms with Crippen LogP contribution in [0.2, 0.25) is 0 Å². The van der Waals surface area contributed by atoms with Gasteiger partial charge in [-0.1, -0.05) is 49.7 Å². The van der Waals surface area contributed by atoms with Gasteiger partial charge >= 0.3 is 0 Å². The molecule has 0 fully saturated rings. The van der Waals surface area contributed by atoms with Crippen LogP contribution in [0.1, 0.15) is 61.3 Å². The maximum atomic E-state index is 13.4. The lowest BCUT2D eigenvalue weighted by atomic mass is 9.69. The minimum absolute atomic E-state index is 0.0739. The molecule has 3 heteroatoms. The average molecular weight is 388 g/mol. The molecule has 0 N–H and O–H groups in total. The molecule has 1 unspecified atom stereocenters. The lowest BCUT2D eigenvalue weighted by molar-refractivity contribution is -0.121. The van der Waals surface area contributed by atoms with Crippen LogP contribution in [0.3, 0.4) is 0 Å². The number of carbonyl (C=O) groups is 2. The van der Waals surface area contributed by atoms with Gasteiger partial charge in [0.05, 0.1) is 0 Å². The monoisotopic (exact) mass is 387 g/mol. The van der Waals surface area contributed by atoms with E-state index in [0.29, 0.717) is 12.8 Å². The fraction of sp³-hybridized carbons (Fsp3) is 0.385. The number of aryl methyl sites for hydroxylation is 3. The first-order valence-electron chi connectivity index (χ1n) is 10.4. The van der Waals surface area contributed by atoms with Crippen molar-refractivity contribution in [1.82, 2.24) is 0 Å². The third-order valence-electron chi connectivity index (χ3n) is 6.09. The van der Waals surface area contributed by atoms with Gasteiger partial charge in [-0.2, -0.15) is 0 Å². The van der Waals surface area contributed by atoms with Crippen molar-refractivity contribution in [2.75, 3.05) is 4.90 Å². The predicted molar refractivity (Wildman–Crippen MR) is 117 cm³/mol. The fourth-order valence-electron chi connectivity index (χ4n) is 4.88. The van der Waals surface area contributed by atoms with Crippen molar-refractivity contribution in [2.24, 2.45) is 5.41 Å². The van der Waals surface area contributed by atoms with Crippen molar-refractivity contribution in [1.29, 1.82) is 0 Å². The summed E-state index contributed by atoms with van der Waals surface area (Å²) in [6.07, 6.45) is 1.60. The Labute approximate surface area is 173 Å². The van der Waals surface area contributed by atoms with Gasteiger partial charge in [-0.3, -0.25) is 14.5 Å². The first-order chi connectivity index (χ1) is 13.6. The summed E-state index contributed by atoms with van der Waals surface area (Å²) in [6, 6.07) is 14.5. The summed E-state index contributed by atoms with van der Waals surface area (Å²) in [5.41, 5.74) is 6.96. The molecule has 1 heterocycles. The largest absolute Gasteiger partial charge is 0.294 e. The molecule has 150 valence electrons. The average Bonchev–Trinajstić information content (AvgIpc) is 2.59. The molecule has 1 aliphatic carbocycles. The highest BCUT2D eigenvalue weighted by Gasteiger charge is 2.44. The maximum Gasteiger partial charge on any atom is 0.232 e. The Bertz CT molecular complexity index is 1010. The predicted octanol–water partition coefficient (Wildman–Crippen LogP) is 5.78. The molecule has 29 heavy (non-hydrogen) atoms. The molecule has 0 spiro atoms. The summed E-state index contributed by atoms with van der Waals surface area (Å²) < 4.78 is 0. The Morgan fingerprint density at radius 3 is 2.10 bits per heavy atom. The SMILES string of the molecule is Cc1ccc(C2CC(=O)N(c3cc(C)cc(C)c3)C3=C2C(=O)CC(C)(C)C3)cc1. The quantitative estimate of drug-likeness (QED) is 0.655. The standard InChI is InChI=1S/C26H29NO2/c1-16-6-8-19(9-7-16)21-13-24(29)27(20-11-17(2)10-18(3)12-20)22-14-26(4,5)15-23(28)25(21)22/h6-12,21H,13-15H2,1-5H3. The van der Waals surface area contributed by atoms with Gasteiger partial charge < -0.3 is 0 Å². The van der Waals surface area contributed by atoms with Gasteiger partial charge in [0, 0.05) is 35.7 Å². The molecule has 1 aliphatic heterocycles. The zero-order valence-corrected chi connectivity index (χ0v) is 18.0. The summed E-state index contributed by atoms with van der Waals surface area (Å²) in [4.78, 5) is 28.6. The molecule has 0 radical (unpaired) electrons. The second kappa shape index (κ2) is 6.98. The molecule has 0 bridgehead atoms. The van der Waals surface area contributed by atoms with Crippen LogP contribution in [0, 0.1) is 26.2 Å². The molecule has 2 aliphatic rings. The molecule has 1 amide bonds. The Morgan fingerprint density at radius 2 is 1.48 bits per heavy atom. The third-order valence-corrected chi connectivity index (χ3v) is 6.09. The normalized spacial score (nSPS) is 21.4. The molecule has 0 aromatic heterocycles. The Hall–Kier alpha value is -2.68. The van der Waals surface area contributed by atoms with Crippen molar-refractivity contribution in [2.45, 2.75) is 59.8 Å². The van der Waals surface area contributed by atoms with E-state index in [1.807, 2.05) is 30.9 Å². The molecular weight excluding hydrogens is 358 g/mol. The Balaban J connectivity index is 1.91. The summed E-state index contributed by atoms with van der Waals surface area (Å²) in [7, 11) is 0. The van der Waals surface area contributed by atoms with Gasteiger partial charge in [-0.25, -0.2) is 0 Å². The smallest absolute Gasteiger partial charge is 0.232 e. The van der Waals surface area contributed by atoms with E-state index in [9.17, 15) is 9.59 Å². The van der Waals surface area contributed by atoms with Crippen molar-refractivity contribution < 1.29 is 9.59 Å². The molecule has 3 nitrogen and oxygen atoms in total. The van der Waals surface area contributed by atoms with Gasteiger partial charge in [-0.15, -0.1) is 0 Å². The van der Waals surface area contributed by atoms with Gasteiger partial charge in [0.1, 0.15) is 0 Å². The topological polar surface area (TPSA) is 37.4 Å². The molecule has 4 rings (SSSR count). The summed E-state index contributed by atoms with van der Waals surface area (Å²) in [5, 5.41) is 0. The molecule has 1 atom stereocenters. The van der Waals surface area contributed by atoms with Gasteiger partial charge in [-0.05, 0) is 61.4 Å². The molecule has 0 saturated carbocycles. The van der Waals surface area contributed by atoms with E-state index in [-0.39, 0.29) is 23.0 Å². The van der Waals surface area contributed by atoms with E-state index in [1.165, 1.54) is 5.56 Å². The summed E-state index contributed by atoms with van der Waals surface area (Å²) in [5.74, 6) is 0.109. The minimum atomic E-state index is -0.150. The van der Waals surface area contributed by atoms with Crippen LogP contribution in [0.4, 0.5) is 5.69 Å². The van der Waals surface area contributed by atoms with Crippen molar-refractivity contribution >= 4 is 17.4 Å². The van der Waals surface area contributed by atoms with Crippen LogP contribution in [-0.4, -0.2) is 11.7 Å².